The van der Waals surface area contributed by atoms with E-state index in [0.717, 1.165) is 23.3 Å². The lowest BCUT2D eigenvalue weighted by Crippen LogP contribution is -2.50. The molecule has 0 atom stereocenters. The van der Waals surface area contributed by atoms with Crippen molar-refractivity contribution in [1.29, 1.82) is 0 Å². The van der Waals surface area contributed by atoms with Gasteiger partial charge in [0.05, 0.1) is 40.3 Å². The summed E-state index contributed by atoms with van der Waals surface area (Å²) in [6.07, 6.45) is 27.6. The van der Waals surface area contributed by atoms with E-state index in [0.29, 0.717) is 5.56 Å². The monoisotopic (exact) mass is 546 g/mol. The summed E-state index contributed by atoms with van der Waals surface area (Å²) in [6.45, 7) is 8.78. The van der Waals surface area contributed by atoms with Crippen molar-refractivity contribution in [3.05, 3.63) is 29.8 Å². The Morgan fingerprint density at radius 3 is 1.38 bits per heavy atom. The van der Waals surface area contributed by atoms with Crippen molar-refractivity contribution in [3.63, 3.8) is 0 Å². The molecule has 226 valence electrons. The van der Waals surface area contributed by atoms with Gasteiger partial charge in [0.25, 0.3) is 5.91 Å². The zero-order chi connectivity index (χ0) is 28.4. The van der Waals surface area contributed by atoms with Gasteiger partial charge in [0.15, 0.2) is 0 Å². The van der Waals surface area contributed by atoms with Crippen molar-refractivity contribution in [3.8, 4) is 5.75 Å². The molecule has 1 amide bonds. The highest BCUT2D eigenvalue weighted by Crippen LogP contribution is 2.16. The minimum absolute atomic E-state index is 0.0158. The van der Waals surface area contributed by atoms with Crippen molar-refractivity contribution < 1.29 is 14.0 Å². The average Bonchev–Trinajstić information content (AvgIpc) is 2.95. The number of methoxy groups -OCH3 is 1. The first-order chi connectivity index (χ1) is 19.0. The molecule has 0 fully saturated rings. The number of hydrogen-bond donors (Lipinski definition) is 1. The number of nitrogens with zero attached hydrogens (tertiary/aromatic N) is 1. The molecule has 0 aliphatic carbocycles. The third-order valence-corrected chi connectivity index (χ3v) is 8.39. The average molecular weight is 546 g/mol. The summed E-state index contributed by atoms with van der Waals surface area (Å²) in [7, 11) is 4.07. The first-order valence-electron chi connectivity index (χ1n) is 16.8. The van der Waals surface area contributed by atoms with Crippen LogP contribution < -0.4 is 10.1 Å². The molecule has 0 aromatic heterocycles. The number of benzene rings is 1. The zero-order valence-electron chi connectivity index (χ0n) is 26.5. The van der Waals surface area contributed by atoms with Gasteiger partial charge in [-0.1, -0.05) is 117 Å². The van der Waals surface area contributed by atoms with Crippen LogP contribution in [0.5, 0.6) is 5.75 Å². The predicted octanol–water partition coefficient (Wildman–Crippen LogP) is 9.71. The van der Waals surface area contributed by atoms with Gasteiger partial charge in [-0.25, -0.2) is 0 Å². The highest BCUT2D eigenvalue weighted by atomic mass is 16.5. The first kappa shape index (κ1) is 35.5. The fourth-order valence-corrected chi connectivity index (χ4v) is 5.58. The van der Waals surface area contributed by atoms with Gasteiger partial charge in [-0.05, 0) is 49.9 Å². The van der Waals surface area contributed by atoms with E-state index in [1.54, 1.807) is 7.11 Å². The van der Waals surface area contributed by atoms with Crippen LogP contribution in [0.25, 0.3) is 0 Å². The Bertz CT molecular complexity index is 664. The number of hydrogen-bond acceptors (Lipinski definition) is 2. The van der Waals surface area contributed by atoms with Crippen LogP contribution in [0.4, 0.5) is 0 Å². The highest BCUT2D eigenvalue weighted by Gasteiger charge is 2.21. The number of unbranched alkanes of at least 4 members (excludes halogenated alkanes) is 18. The summed E-state index contributed by atoms with van der Waals surface area (Å²) in [6, 6.07) is 7.39. The molecule has 0 radical (unpaired) electrons. The second-order valence-corrected chi connectivity index (χ2v) is 12.1. The largest absolute Gasteiger partial charge is 0.497 e. The lowest BCUT2D eigenvalue weighted by Gasteiger charge is -2.35. The molecule has 1 N–H and O–H groups in total. The number of carbonyl (C=O) groups is 1. The molecule has 1 rings (SSSR count). The topological polar surface area (TPSA) is 38.3 Å². The quantitative estimate of drug-likeness (QED) is 0.0882. The summed E-state index contributed by atoms with van der Waals surface area (Å²) in [4.78, 5) is 12.7. The first-order valence-corrected chi connectivity index (χ1v) is 16.8. The Morgan fingerprint density at radius 2 is 1.00 bits per heavy atom. The van der Waals surface area contributed by atoms with E-state index in [-0.39, 0.29) is 5.91 Å². The molecule has 0 unspecified atom stereocenters. The molecule has 0 heterocycles. The van der Waals surface area contributed by atoms with Crippen LogP contribution in [0.1, 0.15) is 153 Å². The number of rotatable bonds is 27. The van der Waals surface area contributed by atoms with Crippen molar-refractivity contribution in [1.82, 2.24) is 5.32 Å². The molecule has 0 bridgehead atoms. The molecule has 39 heavy (non-hydrogen) atoms. The van der Waals surface area contributed by atoms with Gasteiger partial charge in [-0.15, -0.1) is 0 Å². The third-order valence-electron chi connectivity index (χ3n) is 8.39. The van der Waals surface area contributed by atoms with Crippen molar-refractivity contribution >= 4 is 5.91 Å². The third kappa shape index (κ3) is 19.2. The number of nitrogens with one attached hydrogen (secondary N) is 1. The maximum Gasteiger partial charge on any atom is 0.251 e. The Morgan fingerprint density at radius 1 is 0.615 bits per heavy atom. The van der Waals surface area contributed by atoms with Crippen LogP contribution in [0.15, 0.2) is 24.3 Å². The van der Waals surface area contributed by atoms with Crippen molar-refractivity contribution in [2.75, 3.05) is 40.3 Å². The van der Waals surface area contributed by atoms with Gasteiger partial charge in [0.1, 0.15) is 5.75 Å². The second kappa shape index (κ2) is 24.3. The molecule has 0 spiro atoms. The van der Waals surface area contributed by atoms with Gasteiger partial charge in [0, 0.05) is 5.56 Å². The molecular formula is C35H65N2O2+. The van der Waals surface area contributed by atoms with E-state index in [2.05, 4.69) is 26.2 Å². The molecular weight excluding hydrogens is 480 g/mol. The van der Waals surface area contributed by atoms with Crippen molar-refractivity contribution in [2.45, 2.75) is 142 Å². The van der Waals surface area contributed by atoms with E-state index in [9.17, 15) is 4.79 Å². The van der Waals surface area contributed by atoms with Crippen LogP contribution in [0.3, 0.4) is 0 Å². The minimum atomic E-state index is 0.0158. The van der Waals surface area contributed by atoms with Crippen LogP contribution >= 0.6 is 0 Å². The Labute approximate surface area is 243 Å². The molecule has 0 saturated carbocycles. The maximum atomic E-state index is 12.7. The van der Waals surface area contributed by atoms with Crippen LogP contribution in [0, 0.1) is 0 Å². The lowest BCUT2D eigenvalue weighted by atomic mass is 10.1. The van der Waals surface area contributed by atoms with Crippen molar-refractivity contribution in [2.24, 2.45) is 0 Å². The van der Waals surface area contributed by atoms with E-state index in [1.807, 2.05) is 24.3 Å². The summed E-state index contributed by atoms with van der Waals surface area (Å²) in [5.41, 5.74) is 0.703. The van der Waals surface area contributed by atoms with Gasteiger partial charge >= 0.3 is 0 Å². The molecule has 4 heteroatoms. The van der Waals surface area contributed by atoms with Gasteiger partial charge in [0.2, 0.25) is 0 Å². The van der Waals surface area contributed by atoms with E-state index < -0.39 is 0 Å². The predicted molar refractivity (Wildman–Crippen MR) is 170 cm³/mol. The summed E-state index contributed by atoms with van der Waals surface area (Å²) < 4.78 is 6.30. The van der Waals surface area contributed by atoms with Gasteiger partial charge in [-0.3, -0.25) is 4.79 Å². The minimum Gasteiger partial charge on any atom is -0.497 e. The normalized spacial score (nSPS) is 11.6. The van der Waals surface area contributed by atoms with Gasteiger partial charge in [-0.2, -0.15) is 0 Å². The van der Waals surface area contributed by atoms with Crippen LogP contribution in [-0.2, 0) is 0 Å². The number of carbonyl (C=O) groups excluding carboxylic acids is 1. The maximum absolute atomic E-state index is 12.7. The lowest BCUT2D eigenvalue weighted by molar-refractivity contribution is -0.908. The Kier molecular flexibility index (Phi) is 22.1. The van der Waals surface area contributed by atoms with E-state index in [4.69, 9.17) is 4.74 Å². The highest BCUT2D eigenvalue weighted by molar-refractivity contribution is 5.94. The van der Waals surface area contributed by atoms with Gasteiger partial charge < -0.3 is 14.5 Å². The molecule has 1 aromatic rings. The fourth-order valence-electron chi connectivity index (χ4n) is 5.58. The number of quaternary nitrogens is 1. The Balaban J connectivity index is 2.36. The molecule has 0 aliphatic rings. The number of likely N-dealkylation sites (N-methyl/N-ethyl adjacent to an activating group) is 1. The smallest absolute Gasteiger partial charge is 0.251 e. The fraction of sp³-hybridized carbons (Fsp3) is 0.800. The second-order valence-electron chi connectivity index (χ2n) is 12.1. The summed E-state index contributed by atoms with van der Waals surface area (Å²) in [5.74, 6) is 0.797. The molecule has 4 nitrogen and oxygen atoms in total. The SMILES string of the molecule is CCCCCCCCCCCC[N+](C)(CCCCCCCCCCCC)CCNC(=O)c1ccc(OC)cc1. The van der Waals surface area contributed by atoms with Crippen LogP contribution in [0.2, 0.25) is 0 Å². The number of amides is 1. The molecule has 1 aromatic carbocycles. The zero-order valence-corrected chi connectivity index (χ0v) is 26.5. The molecule has 0 aliphatic heterocycles. The van der Waals surface area contributed by atoms with Crippen LogP contribution in [-0.4, -0.2) is 50.7 Å². The molecule has 0 saturated heterocycles. The summed E-state index contributed by atoms with van der Waals surface area (Å²) in [5, 5.41) is 3.18. The standard InChI is InChI=1S/C35H64N2O2/c1-5-7-9-11-13-15-17-19-21-23-30-37(3,31-24-22-20-18-16-14-12-10-8-6-2)32-29-36-35(38)33-25-27-34(39-4)28-26-33/h25-28H,5-24,29-32H2,1-4H3/p+1. The number of ether oxygens (including phenoxy) is 1. The Hall–Kier alpha value is -1.55. The summed E-state index contributed by atoms with van der Waals surface area (Å²) >= 11 is 0. The van der Waals surface area contributed by atoms with E-state index >= 15 is 0 Å². The van der Waals surface area contributed by atoms with E-state index in [1.165, 1.54) is 142 Å².